The van der Waals surface area contributed by atoms with Gasteiger partial charge < -0.3 is 11.1 Å². The lowest BCUT2D eigenvalue weighted by atomic mass is 9.86. The maximum atomic E-state index is 13.0. The lowest BCUT2D eigenvalue weighted by Crippen LogP contribution is -2.28. The number of nitrogens with two attached hydrogens (primary N) is 1. The first-order chi connectivity index (χ1) is 11.2. The molecular formula is C18H14N4O. The molecule has 5 heteroatoms. The summed E-state index contributed by atoms with van der Waals surface area (Å²) < 4.78 is 0. The Hall–Kier alpha value is -3.05. The number of fused-ring (bicyclic) bond motifs is 2. The van der Waals surface area contributed by atoms with Crippen LogP contribution in [0.2, 0.25) is 0 Å². The summed E-state index contributed by atoms with van der Waals surface area (Å²) in [6, 6.07) is 11.2. The van der Waals surface area contributed by atoms with Crippen molar-refractivity contribution in [2.24, 2.45) is 5.73 Å². The number of carbonyl (C=O) groups excluding carboxylic acids is 1. The van der Waals surface area contributed by atoms with Gasteiger partial charge in [-0.2, -0.15) is 0 Å². The average Bonchev–Trinajstić information content (AvgIpc) is 2.60. The number of carbonyl (C=O) groups is 1. The van der Waals surface area contributed by atoms with Crippen molar-refractivity contribution in [3.05, 3.63) is 66.5 Å². The van der Waals surface area contributed by atoms with Crippen molar-refractivity contribution < 1.29 is 4.79 Å². The SMILES string of the molecule is C=CC(N)Nc1ccc2ncnc3c2c1C(=O)c1ccccc1-3. The number of hydrogen-bond donors (Lipinski definition) is 2. The first-order valence-corrected chi connectivity index (χ1v) is 7.27. The third kappa shape index (κ3) is 1.94. The quantitative estimate of drug-likeness (QED) is 0.449. The number of ketones is 1. The monoisotopic (exact) mass is 302 g/mol. The Morgan fingerprint density at radius 2 is 1.91 bits per heavy atom. The second kappa shape index (κ2) is 5.00. The molecule has 1 aliphatic rings. The van der Waals surface area contributed by atoms with Crippen LogP contribution in [0.15, 0.2) is 55.4 Å². The van der Waals surface area contributed by atoms with E-state index in [0.29, 0.717) is 16.8 Å². The van der Waals surface area contributed by atoms with Gasteiger partial charge in [-0.05, 0) is 12.1 Å². The van der Waals surface area contributed by atoms with Crippen LogP contribution in [0, 0.1) is 0 Å². The van der Waals surface area contributed by atoms with Gasteiger partial charge in [-0.3, -0.25) is 4.79 Å². The molecule has 0 radical (unpaired) electrons. The molecule has 5 nitrogen and oxygen atoms in total. The molecule has 23 heavy (non-hydrogen) atoms. The van der Waals surface area contributed by atoms with E-state index in [1.54, 1.807) is 6.08 Å². The first kappa shape index (κ1) is 13.6. The molecule has 0 spiro atoms. The molecule has 2 aromatic carbocycles. The maximum Gasteiger partial charge on any atom is 0.196 e. The number of nitrogens with one attached hydrogen (secondary N) is 1. The number of anilines is 1. The summed E-state index contributed by atoms with van der Waals surface area (Å²) in [5.41, 5.74) is 10.1. The third-order valence-corrected chi connectivity index (χ3v) is 4.03. The maximum absolute atomic E-state index is 13.0. The number of rotatable bonds is 3. The number of hydrogen-bond acceptors (Lipinski definition) is 5. The van der Waals surface area contributed by atoms with Gasteiger partial charge in [-0.25, -0.2) is 9.97 Å². The van der Waals surface area contributed by atoms with E-state index in [-0.39, 0.29) is 5.78 Å². The molecule has 0 saturated carbocycles. The molecule has 1 aromatic heterocycles. The molecular weight excluding hydrogens is 288 g/mol. The molecule has 112 valence electrons. The van der Waals surface area contributed by atoms with Crippen LogP contribution >= 0.6 is 0 Å². The topological polar surface area (TPSA) is 80.9 Å². The number of aromatic nitrogens is 2. The van der Waals surface area contributed by atoms with Crippen LogP contribution in [0.3, 0.4) is 0 Å². The standard InChI is InChI=1S/C18H14N4O/c1-2-14(19)22-13-8-7-12-15-16(13)18(23)11-6-4-3-5-10(11)17(15)21-9-20-12/h2-9,14,22H,1,19H2. The minimum absolute atomic E-state index is 0.0488. The summed E-state index contributed by atoms with van der Waals surface area (Å²) >= 11 is 0. The summed E-state index contributed by atoms with van der Waals surface area (Å²) in [6.45, 7) is 3.66. The molecule has 3 N–H and O–H groups in total. The average molecular weight is 302 g/mol. The van der Waals surface area contributed by atoms with Gasteiger partial charge in [0.1, 0.15) is 6.33 Å². The second-order valence-electron chi connectivity index (χ2n) is 5.39. The minimum atomic E-state index is -0.443. The van der Waals surface area contributed by atoms with Crippen molar-refractivity contribution in [3.63, 3.8) is 0 Å². The van der Waals surface area contributed by atoms with E-state index in [1.165, 1.54) is 6.33 Å². The summed E-state index contributed by atoms with van der Waals surface area (Å²) in [7, 11) is 0. The molecule has 0 amide bonds. The van der Waals surface area contributed by atoms with Crippen LogP contribution in [0.4, 0.5) is 5.69 Å². The van der Waals surface area contributed by atoms with Crippen LogP contribution in [0.1, 0.15) is 15.9 Å². The van der Waals surface area contributed by atoms with Crippen LogP contribution in [0.25, 0.3) is 22.2 Å². The van der Waals surface area contributed by atoms with E-state index >= 15 is 0 Å². The molecule has 0 saturated heterocycles. The Balaban J connectivity index is 2.09. The molecule has 3 aromatic rings. The van der Waals surface area contributed by atoms with E-state index in [0.717, 1.165) is 22.2 Å². The fourth-order valence-corrected chi connectivity index (χ4v) is 2.97. The van der Waals surface area contributed by atoms with Gasteiger partial charge >= 0.3 is 0 Å². The van der Waals surface area contributed by atoms with Gasteiger partial charge in [0.15, 0.2) is 5.78 Å². The van der Waals surface area contributed by atoms with E-state index in [4.69, 9.17) is 5.73 Å². The lowest BCUT2D eigenvalue weighted by Gasteiger charge is -2.22. The van der Waals surface area contributed by atoms with Gasteiger partial charge in [0, 0.05) is 22.2 Å². The van der Waals surface area contributed by atoms with Gasteiger partial charge in [0.2, 0.25) is 0 Å². The van der Waals surface area contributed by atoms with Crippen LogP contribution in [0.5, 0.6) is 0 Å². The van der Waals surface area contributed by atoms with Crippen LogP contribution in [-0.2, 0) is 0 Å². The normalized spacial score (nSPS) is 13.5. The van der Waals surface area contributed by atoms with E-state index in [1.807, 2.05) is 36.4 Å². The van der Waals surface area contributed by atoms with Crippen molar-refractivity contribution in [3.8, 4) is 11.3 Å². The van der Waals surface area contributed by atoms with E-state index in [9.17, 15) is 4.79 Å². The molecule has 1 unspecified atom stereocenters. The zero-order chi connectivity index (χ0) is 16.0. The molecule has 0 aliphatic heterocycles. The third-order valence-electron chi connectivity index (χ3n) is 4.03. The predicted octanol–water partition coefficient (Wildman–Crippen LogP) is 2.72. The Bertz CT molecular complexity index is 964. The molecule has 0 bridgehead atoms. The Kier molecular flexibility index (Phi) is 2.96. The van der Waals surface area contributed by atoms with Gasteiger partial charge in [0.25, 0.3) is 0 Å². The first-order valence-electron chi connectivity index (χ1n) is 7.27. The minimum Gasteiger partial charge on any atom is -0.366 e. The van der Waals surface area contributed by atoms with Crippen molar-refractivity contribution in [1.82, 2.24) is 9.97 Å². The molecule has 0 fully saturated rings. The summed E-state index contributed by atoms with van der Waals surface area (Å²) in [4.78, 5) is 21.7. The largest absolute Gasteiger partial charge is 0.366 e. The summed E-state index contributed by atoms with van der Waals surface area (Å²) in [6.07, 6.45) is 2.67. The van der Waals surface area contributed by atoms with Gasteiger partial charge in [0.05, 0.1) is 22.9 Å². The highest BCUT2D eigenvalue weighted by molar-refractivity contribution is 6.27. The fourth-order valence-electron chi connectivity index (χ4n) is 2.97. The Morgan fingerprint density at radius 3 is 2.70 bits per heavy atom. The van der Waals surface area contributed by atoms with Crippen molar-refractivity contribution in [1.29, 1.82) is 0 Å². The molecule has 1 heterocycles. The van der Waals surface area contributed by atoms with Crippen molar-refractivity contribution >= 4 is 22.4 Å². The second-order valence-corrected chi connectivity index (χ2v) is 5.39. The smallest absolute Gasteiger partial charge is 0.196 e. The summed E-state index contributed by atoms with van der Waals surface area (Å²) in [5, 5.41) is 3.87. The Morgan fingerprint density at radius 1 is 1.13 bits per heavy atom. The highest BCUT2D eigenvalue weighted by atomic mass is 16.1. The number of benzene rings is 2. The predicted molar refractivity (Wildman–Crippen MR) is 90.2 cm³/mol. The summed E-state index contributed by atoms with van der Waals surface area (Å²) in [5.74, 6) is -0.0488. The van der Waals surface area contributed by atoms with Crippen molar-refractivity contribution in [2.75, 3.05) is 5.32 Å². The molecule has 1 atom stereocenters. The highest BCUT2D eigenvalue weighted by Gasteiger charge is 2.28. The Labute approximate surface area is 132 Å². The van der Waals surface area contributed by atoms with Crippen molar-refractivity contribution in [2.45, 2.75) is 6.17 Å². The van der Waals surface area contributed by atoms with Crippen LogP contribution in [-0.4, -0.2) is 21.9 Å². The van der Waals surface area contributed by atoms with Crippen LogP contribution < -0.4 is 11.1 Å². The van der Waals surface area contributed by atoms with E-state index < -0.39 is 6.17 Å². The van der Waals surface area contributed by atoms with Gasteiger partial charge in [-0.1, -0.05) is 36.9 Å². The lowest BCUT2D eigenvalue weighted by molar-refractivity contribution is 0.104. The van der Waals surface area contributed by atoms with Gasteiger partial charge in [-0.15, -0.1) is 0 Å². The molecule has 1 aliphatic carbocycles. The number of nitrogens with zero attached hydrogens (tertiary/aromatic N) is 2. The highest BCUT2D eigenvalue weighted by Crippen LogP contribution is 2.40. The fraction of sp³-hybridized carbons (Fsp3) is 0.0556. The van der Waals surface area contributed by atoms with E-state index in [2.05, 4.69) is 21.9 Å². The zero-order valence-corrected chi connectivity index (χ0v) is 12.3. The molecule has 4 rings (SSSR count). The zero-order valence-electron chi connectivity index (χ0n) is 12.3.